The number of hydrogen-bond donors (Lipinski definition) is 2. The Morgan fingerprint density at radius 1 is 1.20 bits per heavy atom. The normalized spacial score (nSPS) is 10.9. The van der Waals surface area contributed by atoms with Crippen LogP contribution in [0.25, 0.3) is 0 Å². The fourth-order valence-corrected chi connectivity index (χ4v) is 2.64. The summed E-state index contributed by atoms with van der Waals surface area (Å²) in [6.45, 7) is 1.59. The summed E-state index contributed by atoms with van der Waals surface area (Å²) in [6.07, 6.45) is 0. The molecule has 2 N–H and O–H groups in total. The molecule has 0 unspecified atom stereocenters. The molecular formula is C17H19N3O4S. The van der Waals surface area contributed by atoms with Crippen molar-refractivity contribution in [3.8, 4) is 11.5 Å². The van der Waals surface area contributed by atoms with E-state index in [0.29, 0.717) is 22.1 Å². The third kappa shape index (κ3) is 5.05. The monoisotopic (exact) mass is 361 g/mol. The van der Waals surface area contributed by atoms with Gasteiger partial charge in [-0.1, -0.05) is 6.07 Å². The lowest BCUT2D eigenvalue weighted by Gasteiger charge is -2.10. The predicted octanol–water partition coefficient (Wildman–Crippen LogP) is 2.04. The van der Waals surface area contributed by atoms with E-state index in [9.17, 15) is 9.59 Å². The Morgan fingerprint density at radius 3 is 2.64 bits per heavy atom. The highest BCUT2D eigenvalue weighted by Gasteiger charge is 2.10. The first-order chi connectivity index (χ1) is 12.0. The number of benzene rings is 1. The number of carbonyl (C=O) groups is 2. The van der Waals surface area contributed by atoms with Gasteiger partial charge in [0, 0.05) is 11.6 Å². The van der Waals surface area contributed by atoms with Crippen molar-refractivity contribution in [2.75, 3.05) is 20.8 Å². The average Bonchev–Trinajstić information content (AvgIpc) is 3.18. The van der Waals surface area contributed by atoms with Gasteiger partial charge in [-0.2, -0.15) is 5.10 Å². The number of carbonyl (C=O) groups excluding carboxylic acids is 2. The van der Waals surface area contributed by atoms with Crippen LogP contribution in [0.2, 0.25) is 0 Å². The zero-order valence-corrected chi connectivity index (χ0v) is 15.0. The molecule has 132 valence electrons. The summed E-state index contributed by atoms with van der Waals surface area (Å²) >= 11 is 1.31. The third-order valence-corrected chi connectivity index (χ3v) is 4.17. The van der Waals surface area contributed by atoms with Gasteiger partial charge in [0.15, 0.2) is 0 Å². The first kappa shape index (κ1) is 18.5. The molecular weight excluding hydrogens is 342 g/mol. The third-order valence-electron chi connectivity index (χ3n) is 3.30. The topological polar surface area (TPSA) is 89.0 Å². The highest BCUT2D eigenvalue weighted by Crippen LogP contribution is 2.24. The maximum absolute atomic E-state index is 11.8. The van der Waals surface area contributed by atoms with Crippen molar-refractivity contribution < 1.29 is 19.1 Å². The predicted molar refractivity (Wildman–Crippen MR) is 96.6 cm³/mol. The van der Waals surface area contributed by atoms with Gasteiger partial charge in [-0.3, -0.25) is 9.59 Å². The first-order valence-electron chi connectivity index (χ1n) is 7.42. The van der Waals surface area contributed by atoms with Crippen LogP contribution >= 0.6 is 11.3 Å². The largest absolute Gasteiger partial charge is 0.497 e. The first-order valence-corrected chi connectivity index (χ1v) is 8.30. The maximum Gasteiger partial charge on any atom is 0.261 e. The molecule has 1 aromatic heterocycles. The van der Waals surface area contributed by atoms with Crippen molar-refractivity contribution in [3.05, 3.63) is 46.2 Å². The average molecular weight is 361 g/mol. The summed E-state index contributed by atoms with van der Waals surface area (Å²) < 4.78 is 10.5. The molecule has 0 saturated heterocycles. The molecule has 0 aliphatic heterocycles. The van der Waals surface area contributed by atoms with E-state index in [1.165, 1.54) is 11.3 Å². The van der Waals surface area contributed by atoms with Crippen LogP contribution in [0.3, 0.4) is 0 Å². The van der Waals surface area contributed by atoms with E-state index in [0.717, 1.165) is 5.56 Å². The highest BCUT2D eigenvalue weighted by molar-refractivity contribution is 7.12. The number of nitrogens with one attached hydrogen (secondary N) is 2. The van der Waals surface area contributed by atoms with Gasteiger partial charge in [-0.05, 0) is 30.5 Å². The van der Waals surface area contributed by atoms with Crippen molar-refractivity contribution in [1.29, 1.82) is 0 Å². The number of thiophene rings is 1. The smallest absolute Gasteiger partial charge is 0.261 e. The quantitative estimate of drug-likeness (QED) is 0.583. The Labute approximate surface area is 149 Å². The fourth-order valence-electron chi connectivity index (χ4n) is 2.00. The number of amides is 2. The van der Waals surface area contributed by atoms with E-state index in [4.69, 9.17) is 9.47 Å². The van der Waals surface area contributed by atoms with Crippen LogP contribution in [-0.2, 0) is 4.79 Å². The Morgan fingerprint density at radius 2 is 2.00 bits per heavy atom. The van der Waals surface area contributed by atoms with Crippen LogP contribution in [0, 0.1) is 0 Å². The van der Waals surface area contributed by atoms with Gasteiger partial charge in [0.1, 0.15) is 11.5 Å². The van der Waals surface area contributed by atoms with Gasteiger partial charge in [0.25, 0.3) is 11.8 Å². The summed E-state index contributed by atoms with van der Waals surface area (Å²) in [5.74, 6) is 0.536. The van der Waals surface area contributed by atoms with E-state index >= 15 is 0 Å². The number of methoxy groups -OCH3 is 2. The van der Waals surface area contributed by atoms with Gasteiger partial charge in [0.2, 0.25) is 0 Å². The molecule has 2 aromatic rings. The van der Waals surface area contributed by atoms with E-state index in [2.05, 4.69) is 15.8 Å². The van der Waals surface area contributed by atoms with Gasteiger partial charge in [-0.25, -0.2) is 5.43 Å². The summed E-state index contributed by atoms with van der Waals surface area (Å²) in [4.78, 5) is 24.1. The van der Waals surface area contributed by atoms with Gasteiger partial charge >= 0.3 is 0 Å². The Hall–Kier alpha value is -2.87. The second-order valence-electron chi connectivity index (χ2n) is 4.96. The second kappa shape index (κ2) is 8.84. The molecule has 0 spiro atoms. The second-order valence-corrected chi connectivity index (χ2v) is 5.91. The molecule has 0 bridgehead atoms. The lowest BCUT2D eigenvalue weighted by Crippen LogP contribution is -2.34. The number of hydrogen-bond acceptors (Lipinski definition) is 6. The minimum Gasteiger partial charge on any atom is -0.497 e. The van der Waals surface area contributed by atoms with Crippen LogP contribution < -0.4 is 20.2 Å². The Bertz CT molecular complexity index is 772. The van der Waals surface area contributed by atoms with Crippen molar-refractivity contribution in [2.45, 2.75) is 6.92 Å². The highest BCUT2D eigenvalue weighted by atomic mass is 32.1. The molecule has 0 fully saturated rings. The van der Waals surface area contributed by atoms with Crippen LogP contribution in [0.4, 0.5) is 0 Å². The van der Waals surface area contributed by atoms with Gasteiger partial charge in [0.05, 0.1) is 31.4 Å². The Balaban J connectivity index is 1.94. The van der Waals surface area contributed by atoms with E-state index in [-0.39, 0.29) is 12.5 Å². The van der Waals surface area contributed by atoms with Crippen molar-refractivity contribution in [1.82, 2.24) is 10.7 Å². The standard InChI is InChI=1S/C17H19N3O4S/c1-11(13-7-6-12(23-2)9-14(13)24-3)19-20-16(21)10-18-17(22)15-5-4-8-25-15/h4-9H,10H2,1-3H3,(H,18,22)(H,20,21)/b19-11-. The molecule has 0 aliphatic rings. The summed E-state index contributed by atoms with van der Waals surface area (Å²) in [6, 6.07) is 8.77. The molecule has 0 radical (unpaired) electrons. The molecule has 7 nitrogen and oxygen atoms in total. The van der Waals surface area contributed by atoms with Crippen molar-refractivity contribution in [3.63, 3.8) is 0 Å². The van der Waals surface area contributed by atoms with Crippen LogP contribution in [-0.4, -0.2) is 38.3 Å². The fraction of sp³-hybridized carbons (Fsp3) is 0.235. The van der Waals surface area contributed by atoms with Crippen LogP contribution in [0.5, 0.6) is 11.5 Å². The van der Waals surface area contributed by atoms with Gasteiger partial charge < -0.3 is 14.8 Å². The van der Waals surface area contributed by atoms with Crippen LogP contribution in [0.1, 0.15) is 22.2 Å². The van der Waals surface area contributed by atoms with Crippen molar-refractivity contribution >= 4 is 28.9 Å². The van der Waals surface area contributed by atoms with E-state index in [1.807, 2.05) is 0 Å². The minimum absolute atomic E-state index is 0.159. The molecule has 2 rings (SSSR count). The zero-order valence-electron chi connectivity index (χ0n) is 14.2. The molecule has 1 aromatic carbocycles. The molecule has 0 saturated carbocycles. The maximum atomic E-state index is 11.8. The lowest BCUT2D eigenvalue weighted by atomic mass is 10.1. The molecule has 2 amide bonds. The number of hydrazone groups is 1. The zero-order chi connectivity index (χ0) is 18.2. The minimum atomic E-state index is -0.420. The molecule has 1 heterocycles. The molecule has 0 atom stereocenters. The Kier molecular flexibility index (Phi) is 6.53. The lowest BCUT2D eigenvalue weighted by molar-refractivity contribution is -0.120. The summed E-state index contributed by atoms with van der Waals surface area (Å²) in [5, 5.41) is 8.38. The van der Waals surface area contributed by atoms with E-state index < -0.39 is 5.91 Å². The van der Waals surface area contributed by atoms with Gasteiger partial charge in [-0.15, -0.1) is 11.3 Å². The SMILES string of the molecule is COc1ccc(/C(C)=N\NC(=O)CNC(=O)c2cccs2)c(OC)c1. The summed E-state index contributed by atoms with van der Waals surface area (Å²) in [7, 11) is 3.12. The van der Waals surface area contributed by atoms with Crippen LogP contribution in [0.15, 0.2) is 40.8 Å². The van der Waals surface area contributed by atoms with Crippen molar-refractivity contribution in [2.24, 2.45) is 5.10 Å². The number of ether oxygens (including phenoxy) is 2. The van der Waals surface area contributed by atoms with E-state index in [1.54, 1.807) is 56.9 Å². The number of rotatable bonds is 7. The number of nitrogens with zero attached hydrogens (tertiary/aromatic N) is 1. The molecule has 0 aliphatic carbocycles. The molecule has 25 heavy (non-hydrogen) atoms. The summed E-state index contributed by atoms with van der Waals surface area (Å²) in [5.41, 5.74) is 3.71. The molecule has 8 heteroatoms.